The Bertz CT molecular complexity index is 446. The van der Waals surface area contributed by atoms with Gasteiger partial charge in [0.05, 0.1) is 16.8 Å². The van der Waals surface area contributed by atoms with E-state index in [1.54, 1.807) is 6.92 Å². The maximum absolute atomic E-state index is 9.01. The molecule has 0 bridgehead atoms. The first-order valence-corrected chi connectivity index (χ1v) is 8.40. The van der Waals surface area contributed by atoms with Crippen LogP contribution >= 0.6 is 0 Å². The van der Waals surface area contributed by atoms with Crippen molar-refractivity contribution in [3.05, 3.63) is 0 Å². The smallest absolute Gasteiger partial charge is 0.134 e. The van der Waals surface area contributed by atoms with Crippen molar-refractivity contribution in [2.24, 2.45) is 15.6 Å². The summed E-state index contributed by atoms with van der Waals surface area (Å²) in [7, 11) is 1.94. The Kier molecular flexibility index (Phi) is 9.06. The van der Waals surface area contributed by atoms with E-state index < -0.39 is 0 Å². The van der Waals surface area contributed by atoms with Crippen LogP contribution in [-0.4, -0.2) is 66.2 Å². The van der Waals surface area contributed by atoms with Crippen molar-refractivity contribution in [1.82, 2.24) is 16.0 Å². The highest BCUT2D eigenvalue weighted by Gasteiger charge is 2.31. The number of nitrogens with zero attached hydrogens (tertiary/aromatic N) is 2. The normalized spacial score (nSPS) is 17.0. The van der Waals surface area contributed by atoms with E-state index in [-0.39, 0.29) is 23.2 Å². The average Bonchev–Trinajstić information content (AvgIpc) is 2.51. The summed E-state index contributed by atoms with van der Waals surface area (Å²) in [5.41, 5.74) is 0.781. The van der Waals surface area contributed by atoms with Gasteiger partial charge in [-0.3, -0.25) is 4.99 Å². The molecule has 0 spiro atoms. The summed E-state index contributed by atoms with van der Waals surface area (Å²) >= 11 is 0. The predicted octanol–water partition coefficient (Wildman–Crippen LogP) is 1.21. The maximum Gasteiger partial charge on any atom is 0.134 e. The molecule has 0 aliphatic carbocycles. The van der Waals surface area contributed by atoms with Gasteiger partial charge >= 0.3 is 0 Å². The van der Waals surface area contributed by atoms with Gasteiger partial charge in [-0.1, -0.05) is 12.1 Å². The van der Waals surface area contributed by atoms with Crippen molar-refractivity contribution in [3.8, 4) is 0 Å². The van der Waals surface area contributed by atoms with Crippen LogP contribution in [0.5, 0.6) is 0 Å². The summed E-state index contributed by atoms with van der Waals surface area (Å²) in [5.74, 6) is 0. The molecular formula is C17H37N5O2. The van der Waals surface area contributed by atoms with Gasteiger partial charge in [0.2, 0.25) is 0 Å². The molecule has 7 heteroatoms. The third-order valence-corrected chi connectivity index (χ3v) is 4.78. The van der Waals surface area contributed by atoms with Crippen molar-refractivity contribution in [2.75, 3.05) is 33.4 Å². The fourth-order valence-electron chi connectivity index (χ4n) is 2.17. The van der Waals surface area contributed by atoms with Crippen LogP contribution in [0, 0.1) is 5.41 Å². The van der Waals surface area contributed by atoms with E-state index in [1.807, 2.05) is 27.8 Å². The highest BCUT2D eigenvalue weighted by Crippen LogP contribution is 2.18. The van der Waals surface area contributed by atoms with Crippen LogP contribution < -0.4 is 16.0 Å². The number of oxime groups is 1. The molecule has 0 amide bonds. The molecule has 0 aromatic carbocycles. The van der Waals surface area contributed by atoms with Gasteiger partial charge in [0.15, 0.2) is 0 Å². The van der Waals surface area contributed by atoms with Crippen molar-refractivity contribution < 1.29 is 10.3 Å². The van der Waals surface area contributed by atoms with E-state index in [1.165, 1.54) is 0 Å². The largest absolute Gasteiger partial charge is 0.411 e. The van der Waals surface area contributed by atoms with Gasteiger partial charge in [0.1, 0.15) is 6.73 Å². The second-order valence-corrected chi connectivity index (χ2v) is 7.87. The Morgan fingerprint density at radius 1 is 0.875 bits per heavy atom. The molecule has 7 nitrogen and oxygen atoms in total. The molecule has 0 heterocycles. The Labute approximate surface area is 147 Å². The van der Waals surface area contributed by atoms with Gasteiger partial charge in [0, 0.05) is 30.8 Å². The fourth-order valence-corrected chi connectivity index (χ4v) is 2.17. The van der Waals surface area contributed by atoms with E-state index in [4.69, 9.17) is 10.3 Å². The molecule has 0 aromatic heterocycles. The Hall–Kier alpha value is -1.02. The number of nitrogens with one attached hydrogen (secondary N) is 3. The molecule has 0 saturated carbocycles. The monoisotopic (exact) mass is 343 g/mol. The molecule has 0 saturated heterocycles. The fraction of sp³-hybridized carbons (Fsp3) is 0.882. The second-order valence-electron chi connectivity index (χ2n) is 7.87. The number of hydrogen-bond donors (Lipinski definition) is 5. The molecule has 0 rings (SSSR count). The van der Waals surface area contributed by atoms with Crippen molar-refractivity contribution in [3.63, 3.8) is 0 Å². The van der Waals surface area contributed by atoms with Crippen molar-refractivity contribution >= 4 is 11.4 Å². The van der Waals surface area contributed by atoms with Crippen LogP contribution in [0.2, 0.25) is 0 Å². The zero-order chi connectivity index (χ0) is 19.0. The molecule has 24 heavy (non-hydrogen) atoms. The molecule has 0 fully saturated rings. The minimum Gasteiger partial charge on any atom is -0.411 e. The lowest BCUT2D eigenvalue weighted by Gasteiger charge is -2.38. The lowest BCUT2D eigenvalue weighted by molar-refractivity contribution is 0.244. The predicted molar refractivity (Wildman–Crippen MR) is 101 cm³/mol. The Balaban J connectivity index is 4.98. The number of aliphatic hydroxyl groups is 1. The molecule has 0 aliphatic rings. The van der Waals surface area contributed by atoms with E-state index in [9.17, 15) is 0 Å². The van der Waals surface area contributed by atoms with Gasteiger partial charge in [-0.25, -0.2) is 0 Å². The SMILES string of the molecule is CNCC(C)(CNC(C)(C)/C(C)=N/O)CNC(C)(C)/C(C)=N/CO. The van der Waals surface area contributed by atoms with Gasteiger partial charge in [-0.2, -0.15) is 0 Å². The van der Waals surface area contributed by atoms with E-state index >= 15 is 0 Å². The molecule has 5 N–H and O–H groups in total. The van der Waals surface area contributed by atoms with E-state index in [0.717, 1.165) is 25.3 Å². The third-order valence-electron chi connectivity index (χ3n) is 4.78. The Morgan fingerprint density at radius 2 is 1.33 bits per heavy atom. The standard InChI is InChI=1S/C17H37N5O2/c1-13(19-12-23)15(3,4)20-10-17(7,9-18-8)11-21-16(5,6)14(2)22-24/h18,20-21,23-24H,9-12H2,1-8H3/b19-13+,22-14+. The summed E-state index contributed by atoms with van der Waals surface area (Å²) in [6.07, 6.45) is 0. The lowest BCUT2D eigenvalue weighted by atomic mass is 9.86. The summed E-state index contributed by atoms with van der Waals surface area (Å²) in [6.45, 7) is 16.2. The molecule has 0 radical (unpaired) electrons. The van der Waals surface area contributed by atoms with Crippen LogP contribution in [0.1, 0.15) is 48.5 Å². The number of rotatable bonds is 11. The molecule has 142 valence electrons. The number of aliphatic hydroxyl groups excluding tert-OH is 1. The van der Waals surface area contributed by atoms with Crippen LogP contribution in [0.3, 0.4) is 0 Å². The number of aliphatic imine (C=N–C) groups is 1. The average molecular weight is 344 g/mol. The second kappa shape index (κ2) is 9.46. The minimum absolute atomic E-state index is 0.0570. The van der Waals surface area contributed by atoms with Crippen LogP contribution in [0.15, 0.2) is 10.1 Å². The highest BCUT2D eigenvalue weighted by molar-refractivity contribution is 5.90. The highest BCUT2D eigenvalue weighted by atomic mass is 16.4. The van der Waals surface area contributed by atoms with Gasteiger partial charge in [-0.15, -0.1) is 0 Å². The first-order chi connectivity index (χ1) is 10.9. The third kappa shape index (κ3) is 7.25. The van der Waals surface area contributed by atoms with Crippen molar-refractivity contribution in [1.29, 1.82) is 0 Å². The summed E-state index contributed by atoms with van der Waals surface area (Å²) < 4.78 is 0. The minimum atomic E-state index is -0.381. The van der Waals surface area contributed by atoms with E-state index in [2.05, 4.69) is 46.9 Å². The molecule has 1 atom stereocenters. The zero-order valence-electron chi connectivity index (χ0n) is 16.6. The first-order valence-electron chi connectivity index (χ1n) is 8.40. The molecular weight excluding hydrogens is 306 g/mol. The first kappa shape index (κ1) is 23.0. The van der Waals surface area contributed by atoms with Gasteiger partial charge in [-0.05, 0) is 48.6 Å². The van der Waals surface area contributed by atoms with Crippen LogP contribution in [-0.2, 0) is 0 Å². The van der Waals surface area contributed by atoms with Crippen LogP contribution in [0.4, 0.5) is 0 Å². The van der Waals surface area contributed by atoms with Gasteiger partial charge < -0.3 is 26.3 Å². The summed E-state index contributed by atoms with van der Waals surface area (Å²) in [5, 5.41) is 31.6. The molecule has 1 unspecified atom stereocenters. The van der Waals surface area contributed by atoms with E-state index in [0.29, 0.717) is 5.71 Å². The lowest BCUT2D eigenvalue weighted by Crippen LogP contribution is -2.57. The summed E-state index contributed by atoms with van der Waals surface area (Å²) in [4.78, 5) is 4.10. The number of hydrogen-bond acceptors (Lipinski definition) is 7. The molecule has 0 aromatic rings. The van der Waals surface area contributed by atoms with Crippen molar-refractivity contribution in [2.45, 2.75) is 59.5 Å². The van der Waals surface area contributed by atoms with Gasteiger partial charge in [0.25, 0.3) is 0 Å². The Morgan fingerprint density at radius 3 is 1.71 bits per heavy atom. The van der Waals surface area contributed by atoms with Crippen LogP contribution in [0.25, 0.3) is 0 Å². The zero-order valence-corrected chi connectivity index (χ0v) is 16.6. The molecule has 0 aliphatic heterocycles. The maximum atomic E-state index is 9.01. The topological polar surface area (TPSA) is 101 Å². The summed E-state index contributed by atoms with van der Waals surface area (Å²) in [6, 6.07) is 0. The quantitative estimate of drug-likeness (QED) is 0.220.